The van der Waals surface area contributed by atoms with Gasteiger partial charge in [-0.05, 0) is 24.1 Å². The van der Waals surface area contributed by atoms with Crippen LogP contribution in [0.4, 0.5) is 0 Å². The first kappa shape index (κ1) is 12.9. The molecule has 0 aromatic heterocycles. The van der Waals surface area contributed by atoms with E-state index in [0.717, 1.165) is 17.5 Å². The number of amides is 2. The number of benzene rings is 1. The van der Waals surface area contributed by atoms with Gasteiger partial charge in [0, 0.05) is 6.54 Å². The average molecular weight is 233 g/mol. The fourth-order valence-corrected chi connectivity index (χ4v) is 1.25. The second-order valence-corrected chi connectivity index (χ2v) is 3.24. The molecule has 1 N–H and O–H groups in total. The number of hydrogen-bond donors (Lipinski definition) is 1. The van der Waals surface area contributed by atoms with Crippen molar-refractivity contribution < 1.29 is 14.3 Å². The van der Waals surface area contributed by atoms with Crippen LogP contribution in [0.5, 0.6) is 5.75 Å². The predicted molar refractivity (Wildman–Crippen MR) is 63.9 cm³/mol. The fourth-order valence-electron chi connectivity index (χ4n) is 1.25. The monoisotopic (exact) mass is 233 g/mol. The number of ether oxygens (including phenoxy) is 1. The van der Waals surface area contributed by atoms with Crippen LogP contribution >= 0.6 is 0 Å². The Balaban J connectivity index is 2.32. The second kappa shape index (κ2) is 7.16. The van der Waals surface area contributed by atoms with Crippen molar-refractivity contribution in [2.75, 3.05) is 13.7 Å². The molecule has 89 valence electrons. The molecule has 5 heteroatoms. The van der Waals surface area contributed by atoms with Crippen molar-refractivity contribution in [1.29, 1.82) is 0 Å². The predicted octanol–water partition coefficient (Wildman–Crippen LogP) is 0.492. The first-order valence-electron chi connectivity index (χ1n) is 5.07. The number of carbonyl (C=O) groups excluding carboxylic acids is 2. The molecule has 1 rings (SSSR count). The smallest absolute Gasteiger partial charge is 0.337 e. The molecule has 0 aliphatic rings. The van der Waals surface area contributed by atoms with E-state index in [1.165, 1.54) is 6.41 Å². The van der Waals surface area contributed by atoms with Gasteiger partial charge in [-0.1, -0.05) is 12.1 Å². The highest BCUT2D eigenvalue weighted by atomic mass is 16.5. The highest BCUT2D eigenvalue weighted by Gasteiger charge is 1.97. The molecule has 5 nitrogen and oxygen atoms in total. The fraction of sp³-hybridized carbons (Fsp3) is 0.250. The number of hydrogen-bond acceptors (Lipinski definition) is 3. The highest BCUT2D eigenvalue weighted by molar-refractivity contribution is 6.27. The van der Waals surface area contributed by atoms with Gasteiger partial charge >= 0.3 is 6.41 Å². The largest absolute Gasteiger partial charge is 0.497 e. The van der Waals surface area contributed by atoms with Crippen molar-refractivity contribution in [3.63, 3.8) is 0 Å². The molecule has 0 saturated heterocycles. The summed E-state index contributed by atoms with van der Waals surface area (Å²) in [5.41, 5.74) is 1.09. The summed E-state index contributed by atoms with van der Waals surface area (Å²) in [5, 5.41) is 2.60. The van der Waals surface area contributed by atoms with E-state index in [0.29, 0.717) is 13.0 Å². The minimum Gasteiger partial charge on any atom is -0.497 e. The third-order valence-electron chi connectivity index (χ3n) is 2.11. The van der Waals surface area contributed by atoms with Crippen molar-refractivity contribution in [3.05, 3.63) is 29.8 Å². The molecule has 0 spiro atoms. The van der Waals surface area contributed by atoms with Crippen LogP contribution in [0.1, 0.15) is 5.56 Å². The van der Waals surface area contributed by atoms with Crippen molar-refractivity contribution in [3.8, 4) is 5.75 Å². The van der Waals surface area contributed by atoms with Gasteiger partial charge in [0.15, 0.2) is 0 Å². The first-order chi connectivity index (χ1) is 8.26. The van der Waals surface area contributed by atoms with Gasteiger partial charge in [-0.15, -0.1) is 0 Å². The van der Waals surface area contributed by atoms with Gasteiger partial charge in [0.2, 0.25) is 0 Å². The molecule has 1 aromatic rings. The Morgan fingerprint density at radius 3 is 2.76 bits per heavy atom. The maximum atomic E-state index is 11.0. The number of aliphatic imine (C=N–C) groups is 1. The number of nitrogens with zero attached hydrogens (tertiary/aromatic N) is 1. The lowest BCUT2D eigenvalue weighted by Gasteiger charge is -2.04. The molecular formula is C12H13N2O3. The zero-order valence-electron chi connectivity index (χ0n) is 9.47. The molecular weight excluding hydrogens is 220 g/mol. The third-order valence-corrected chi connectivity index (χ3v) is 2.11. The lowest BCUT2D eigenvalue weighted by Crippen LogP contribution is -2.26. The molecule has 2 amide bonds. The van der Waals surface area contributed by atoms with Crippen LogP contribution < -0.4 is 10.1 Å². The molecule has 0 unspecified atom stereocenters. The summed E-state index contributed by atoms with van der Waals surface area (Å²) in [6.45, 7) is 0.482. The van der Waals surface area contributed by atoms with E-state index in [-0.39, 0.29) is 0 Å². The van der Waals surface area contributed by atoms with Crippen molar-refractivity contribution in [1.82, 2.24) is 5.32 Å². The summed E-state index contributed by atoms with van der Waals surface area (Å²) in [6.07, 6.45) is 2.87. The number of carbonyl (C=O) groups is 1. The molecule has 0 saturated carbocycles. The van der Waals surface area contributed by atoms with E-state index in [2.05, 4.69) is 10.3 Å². The molecule has 0 aliphatic heterocycles. The van der Waals surface area contributed by atoms with Crippen LogP contribution in [0.3, 0.4) is 0 Å². The lowest BCUT2D eigenvalue weighted by molar-refractivity contribution is -0.114. The van der Waals surface area contributed by atoms with Gasteiger partial charge < -0.3 is 10.1 Å². The summed E-state index contributed by atoms with van der Waals surface area (Å²) >= 11 is 0. The van der Waals surface area contributed by atoms with E-state index < -0.39 is 5.91 Å². The second-order valence-electron chi connectivity index (χ2n) is 3.24. The minimum absolute atomic E-state index is 0.401. The Bertz CT molecular complexity index is 399. The van der Waals surface area contributed by atoms with Gasteiger partial charge in [-0.2, -0.15) is 0 Å². The molecule has 17 heavy (non-hydrogen) atoms. The maximum absolute atomic E-state index is 11.0. The van der Waals surface area contributed by atoms with Gasteiger partial charge in [0.25, 0.3) is 5.91 Å². The van der Waals surface area contributed by atoms with Crippen molar-refractivity contribution in [2.24, 2.45) is 4.99 Å². The average Bonchev–Trinajstić information content (AvgIpc) is 2.37. The quantitative estimate of drug-likeness (QED) is 0.727. The summed E-state index contributed by atoms with van der Waals surface area (Å²) in [7, 11) is 1.61. The van der Waals surface area contributed by atoms with Gasteiger partial charge in [0.1, 0.15) is 5.75 Å². The Morgan fingerprint density at radius 2 is 2.18 bits per heavy atom. The summed E-state index contributed by atoms with van der Waals surface area (Å²) in [6, 6.07) is 7.58. The van der Waals surface area contributed by atoms with Crippen LogP contribution in [0.15, 0.2) is 29.3 Å². The van der Waals surface area contributed by atoms with Crippen LogP contribution in [0.2, 0.25) is 0 Å². The number of methoxy groups -OCH3 is 1. The van der Waals surface area contributed by atoms with Crippen LogP contribution in [-0.4, -0.2) is 32.2 Å². The van der Waals surface area contributed by atoms with Gasteiger partial charge in [0.05, 0.1) is 13.3 Å². The molecule has 0 atom stereocenters. The summed E-state index contributed by atoms with van der Waals surface area (Å²) in [5.74, 6) is 0.397. The number of nitrogens with one attached hydrogen (secondary N) is 1. The van der Waals surface area contributed by atoms with Gasteiger partial charge in [-0.25, -0.2) is 4.99 Å². The standard InChI is InChI=1S/C12H13N2O3/c1-17-11-4-2-10(3-5-11)6-7-14-12(16)8-13-9-15/h2-5,8H,6-7H2,1H3,(H,14,16). The molecule has 0 bridgehead atoms. The molecule has 0 heterocycles. The Morgan fingerprint density at radius 1 is 1.47 bits per heavy atom. The minimum atomic E-state index is -0.401. The number of rotatable bonds is 6. The lowest BCUT2D eigenvalue weighted by atomic mass is 10.1. The normalized spacial score (nSPS) is 10.2. The Labute approximate surface area is 99.5 Å². The Kier molecular flexibility index (Phi) is 5.43. The maximum Gasteiger partial charge on any atom is 0.337 e. The third kappa shape index (κ3) is 4.92. The topological polar surface area (TPSA) is 67.8 Å². The highest BCUT2D eigenvalue weighted by Crippen LogP contribution is 2.11. The molecule has 0 fully saturated rings. The van der Waals surface area contributed by atoms with E-state index >= 15 is 0 Å². The van der Waals surface area contributed by atoms with E-state index in [4.69, 9.17) is 4.74 Å². The zero-order chi connectivity index (χ0) is 12.5. The molecule has 1 radical (unpaired) electrons. The van der Waals surface area contributed by atoms with Crippen LogP contribution in [0, 0.1) is 0 Å². The van der Waals surface area contributed by atoms with E-state index in [9.17, 15) is 9.59 Å². The Hall–Kier alpha value is -2.17. The summed E-state index contributed by atoms with van der Waals surface area (Å²) in [4.78, 5) is 23.8. The first-order valence-corrected chi connectivity index (χ1v) is 5.07. The SMILES string of the molecule is COc1ccc(CCNC(=O)C=N[C]=O)cc1. The van der Waals surface area contributed by atoms with E-state index in [1.54, 1.807) is 7.11 Å². The van der Waals surface area contributed by atoms with Crippen molar-refractivity contribution in [2.45, 2.75) is 6.42 Å². The van der Waals surface area contributed by atoms with Crippen molar-refractivity contribution >= 4 is 18.5 Å². The molecule has 1 aromatic carbocycles. The molecule has 0 aliphatic carbocycles. The van der Waals surface area contributed by atoms with Crippen LogP contribution in [0.25, 0.3) is 0 Å². The van der Waals surface area contributed by atoms with E-state index in [1.807, 2.05) is 24.3 Å². The zero-order valence-corrected chi connectivity index (χ0v) is 9.47. The van der Waals surface area contributed by atoms with Gasteiger partial charge in [-0.3, -0.25) is 9.59 Å². The summed E-state index contributed by atoms with van der Waals surface area (Å²) < 4.78 is 5.03. The van der Waals surface area contributed by atoms with Crippen LogP contribution in [-0.2, 0) is 16.0 Å².